The van der Waals surface area contributed by atoms with Crippen LogP contribution in [0.4, 0.5) is 5.00 Å². The van der Waals surface area contributed by atoms with Crippen LogP contribution in [-0.4, -0.2) is 34.2 Å². The molecule has 0 bridgehead atoms. The van der Waals surface area contributed by atoms with Crippen LogP contribution in [0.25, 0.3) is 0 Å². The Balaban J connectivity index is 2.30. The summed E-state index contributed by atoms with van der Waals surface area (Å²) in [6.07, 6.45) is 0. The second-order valence-corrected chi connectivity index (χ2v) is 8.16. The highest BCUT2D eigenvalue weighted by Gasteiger charge is 2.21. The lowest BCUT2D eigenvalue weighted by atomic mass is 10.3. The van der Waals surface area contributed by atoms with Gasteiger partial charge >= 0.3 is 5.97 Å². The van der Waals surface area contributed by atoms with Crippen molar-refractivity contribution in [1.29, 1.82) is 0 Å². The molecule has 1 N–H and O–H groups in total. The van der Waals surface area contributed by atoms with Gasteiger partial charge in [-0.2, -0.15) is 0 Å². The molecule has 0 aliphatic rings. The first-order valence-electron chi connectivity index (χ1n) is 8.52. The second kappa shape index (κ2) is 9.09. The number of hydrogen-bond donors (Lipinski definition) is 1. The zero-order chi connectivity index (χ0) is 20.0. The van der Waals surface area contributed by atoms with Gasteiger partial charge in [-0.1, -0.05) is 0 Å². The Labute approximate surface area is 163 Å². The van der Waals surface area contributed by atoms with Gasteiger partial charge in [0, 0.05) is 6.07 Å². The predicted octanol–water partition coefficient (Wildman–Crippen LogP) is 3.83. The van der Waals surface area contributed by atoms with Crippen LogP contribution in [0.15, 0.2) is 29.2 Å². The highest BCUT2D eigenvalue weighted by Crippen LogP contribution is 2.33. The summed E-state index contributed by atoms with van der Waals surface area (Å²) in [7, 11) is -3.85. The Morgan fingerprint density at radius 2 is 1.70 bits per heavy atom. The van der Waals surface area contributed by atoms with E-state index in [9.17, 15) is 13.2 Å². The molecular formula is C18H23NO6S2. The van der Waals surface area contributed by atoms with Crippen LogP contribution in [-0.2, 0) is 14.8 Å². The molecule has 0 saturated carbocycles. The van der Waals surface area contributed by atoms with Crippen LogP contribution in [0.3, 0.4) is 0 Å². The molecule has 7 nitrogen and oxygen atoms in total. The SMILES string of the molecule is CCOC(=O)c1sc(NS(=O)(=O)c2ccc(OCC)c(OCC)c2)cc1C. The monoisotopic (exact) mass is 413 g/mol. The van der Waals surface area contributed by atoms with Crippen LogP contribution in [0.2, 0.25) is 0 Å². The fourth-order valence-corrected chi connectivity index (χ4v) is 4.59. The predicted molar refractivity (Wildman–Crippen MR) is 105 cm³/mol. The van der Waals surface area contributed by atoms with Crippen LogP contribution in [0.5, 0.6) is 11.5 Å². The third-order valence-electron chi connectivity index (χ3n) is 3.44. The molecule has 1 aromatic heterocycles. The van der Waals surface area contributed by atoms with Crippen molar-refractivity contribution in [3.63, 3.8) is 0 Å². The lowest BCUT2D eigenvalue weighted by Crippen LogP contribution is -2.12. The number of nitrogens with one attached hydrogen (secondary N) is 1. The first kappa shape index (κ1) is 21.0. The fourth-order valence-electron chi connectivity index (χ4n) is 2.32. The highest BCUT2D eigenvalue weighted by molar-refractivity contribution is 7.93. The van der Waals surface area contributed by atoms with E-state index in [0.717, 1.165) is 11.3 Å². The van der Waals surface area contributed by atoms with Gasteiger partial charge in [-0.15, -0.1) is 11.3 Å². The lowest BCUT2D eigenvalue weighted by molar-refractivity contribution is 0.0531. The summed E-state index contributed by atoms with van der Waals surface area (Å²) in [4.78, 5) is 12.3. The smallest absolute Gasteiger partial charge is 0.348 e. The van der Waals surface area contributed by atoms with Gasteiger partial charge < -0.3 is 14.2 Å². The molecule has 148 valence electrons. The van der Waals surface area contributed by atoms with Crippen LogP contribution in [0, 0.1) is 6.92 Å². The van der Waals surface area contributed by atoms with E-state index in [1.807, 2.05) is 6.92 Å². The first-order chi connectivity index (χ1) is 12.8. The second-order valence-electron chi connectivity index (χ2n) is 5.42. The third kappa shape index (κ3) is 5.14. The number of aryl methyl sites for hydroxylation is 1. The molecule has 0 saturated heterocycles. The Morgan fingerprint density at radius 3 is 2.33 bits per heavy atom. The van der Waals surface area contributed by atoms with Gasteiger partial charge in [0.15, 0.2) is 11.5 Å². The molecule has 27 heavy (non-hydrogen) atoms. The molecule has 0 spiro atoms. The summed E-state index contributed by atoms with van der Waals surface area (Å²) in [6, 6.07) is 6.03. The molecule has 2 aromatic rings. The Bertz CT molecular complexity index is 905. The van der Waals surface area contributed by atoms with E-state index in [2.05, 4.69) is 4.72 Å². The van der Waals surface area contributed by atoms with Gasteiger partial charge in [0.2, 0.25) is 0 Å². The quantitative estimate of drug-likeness (QED) is 0.628. The maximum atomic E-state index is 12.7. The van der Waals surface area contributed by atoms with Gasteiger partial charge in [-0.25, -0.2) is 13.2 Å². The fraction of sp³-hybridized carbons (Fsp3) is 0.389. The summed E-state index contributed by atoms with van der Waals surface area (Å²) in [5, 5.41) is 0.336. The largest absolute Gasteiger partial charge is 0.490 e. The molecule has 0 radical (unpaired) electrons. The summed E-state index contributed by atoms with van der Waals surface area (Å²) in [6.45, 7) is 8.16. The van der Waals surface area contributed by atoms with Crippen molar-refractivity contribution in [3.05, 3.63) is 34.7 Å². The van der Waals surface area contributed by atoms with E-state index in [4.69, 9.17) is 14.2 Å². The van der Waals surface area contributed by atoms with Crippen molar-refractivity contribution in [1.82, 2.24) is 0 Å². The molecule has 0 aliphatic carbocycles. The minimum absolute atomic E-state index is 0.0399. The number of ether oxygens (including phenoxy) is 3. The van der Waals surface area contributed by atoms with E-state index in [-0.39, 0.29) is 11.5 Å². The third-order valence-corrected chi connectivity index (χ3v) is 6.06. The number of benzene rings is 1. The number of rotatable bonds is 9. The number of thiophene rings is 1. The minimum Gasteiger partial charge on any atom is -0.490 e. The zero-order valence-corrected chi connectivity index (χ0v) is 17.3. The Kier molecular flexibility index (Phi) is 7.09. The molecule has 9 heteroatoms. The van der Waals surface area contributed by atoms with Crippen molar-refractivity contribution in [2.45, 2.75) is 32.6 Å². The molecule has 0 fully saturated rings. The highest BCUT2D eigenvalue weighted by atomic mass is 32.2. The van der Waals surface area contributed by atoms with Crippen molar-refractivity contribution in [2.24, 2.45) is 0 Å². The maximum Gasteiger partial charge on any atom is 0.348 e. The molecular weight excluding hydrogens is 390 g/mol. The Morgan fingerprint density at radius 1 is 1.04 bits per heavy atom. The van der Waals surface area contributed by atoms with Gasteiger partial charge in [-0.05, 0) is 51.5 Å². The summed E-state index contributed by atoms with van der Waals surface area (Å²) < 4.78 is 43.9. The standard InChI is InChI=1S/C18H23NO6S2/c1-5-23-14-9-8-13(11-15(14)24-6-2)27(21,22)19-16-10-12(4)17(26-16)18(20)25-7-3/h8-11,19H,5-7H2,1-4H3. The van der Waals surface area contributed by atoms with E-state index >= 15 is 0 Å². The number of hydrogen-bond acceptors (Lipinski definition) is 7. The number of esters is 1. The van der Waals surface area contributed by atoms with Crippen LogP contribution < -0.4 is 14.2 Å². The summed E-state index contributed by atoms with van der Waals surface area (Å²) in [5.41, 5.74) is 0.651. The number of carbonyl (C=O) groups is 1. The molecule has 0 amide bonds. The summed E-state index contributed by atoms with van der Waals surface area (Å²) in [5.74, 6) is 0.372. The number of sulfonamides is 1. The topological polar surface area (TPSA) is 90.9 Å². The zero-order valence-electron chi connectivity index (χ0n) is 15.7. The molecule has 1 aromatic carbocycles. The number of anilines is 1. The van der Waals surface area contributed by atoms with Crippen molar-refractivity contribution >= 4 is 32.3 Å². The molecule has 2 rings (SSSR count). The van der Waals surface area contributed by atoms with Crippen molar-refractivity contribution < 1.29 is 27.4 Å². The van der Waals surface area contributed by atoms with Gasteiger partial charge in [-0.3, -0.25) is 4.72 Å². The molecule has 0 unspecified atom stereocenters. The molecule has 0 atom stereocenters. The number of carbonyl (C=O) groups excluding carboxylic acids is 1. The Hall–Kier alpha value is -2.26. The van der Waals surface area contributed by atoms with Gasteiger partial charge in [0.05, 0.1) is 24.7 Å². The van der Waals surface area contributed by atoms with E-state index in [1.54, 1.807) is 32.9 Å². The van der Waals surface area contributed by atoms with Crippen LogP contribution >= 0.6 is 11.3 Å². The maximum absolute atomic E-state index is 12.7. The van der Waals surface area contributed by atoms with Gasteiger partial charge in [0.1, 0.15) is 9.88 Å². The first-order valence-corrected chi connectivity index (χ1v) is 10.8. The molecule has 0 aliphatic heterocycles. The summed E-state index contributed by atoms with van der Waals surface area (Å²) >= 11 is 1.03. The van der Waals surface area contributed by atoms with Gasteiger partial charge in [0.25, 0.3) is 10.0 Å². The van der Waals surface area contributed by atoms with E-state index in [0.29, 0.717) is 40.2 Å². The van der Waals surface area contributed by atoms with Crippen molar-refractivity contribution in [3.8, 4) is 11.5 Å². The lowest BCUT2D eigenvalue weighted by Gasteiger charge is -2.13. The van der Waals surface area contributed by atoms with E-state index in [1.165, 1.54) is 12.1 Å². The normalized spacial score (nSPS) is 11.1. The van der Waals surface area contributed by atoms with E-state index < -0.39 is 16.0 Å². The molecule has 1 heterocycles. The van der Waals surface area contributed by atoms with Crippen molar-refractivity contribution in [2.75, 3.05) is 24.5 Å². The average molecular weight is 414 g/mol. The van der Waals surface area contributed by atoms with Crippen LogP contribution in [0.1, 0.15) is 36.0 Å². The minimum atomic E-state index is -3.85. The average Bonchev–Trinajstić information content (AvgIpc) is 2.96.